The van der Waals surface area contributed by atoms with Gasteiger partial charge in [-0.05, 0) is 37.1 Å². The van der Waals surface area contributed by atoms with Crippen molar-refractivity contribution >= 4 is 17.7 Å². The minimum Gasteiger partial charge on any atom is -0.494 e. The number of amides is 1. The highest BCUT2D eigenvalue weighted by atomic mass is 32.2. The molecule has 0 aliphatic heterocycles. The molecule has 0 heterocycles. The molecule has 3 nitrogen and oxygen atoms in total. The van der Waals surface area contributed by atoms with Crippen molar-refractivity contribution in [2.24, 2.45) is 0 Å². The molecular formula is C20H25NO2S. The lowest BCUT2D eigenvalue weighted by Gasteiger charge is -2.15. The van der Waals surface area contributed by atoms with Gasteiger partial charge in [-0.15, -0.1) is 0 Å². The van der Waals surface area contributed by atoms with Gasteiger partial charge in [-0.2, -0.15) is 11.8 Å². The molecule has 1 amide bonds. The van der Waals surface area contributed by atoms with Crippen LogP contribution >= 0.6 is 11.8 Å². The van der Waals surface area contributed by atoms with Gasteiger partial charge in [-0.25, -0.2) is 0 Å². The molecule has 0 spiro atoms. The Bertz CT molecular complexity index is 613. The van der Waals surface area contributed by atoms with Crippen molar-refractivity contribution in [2.75, 3.05) is 12.4 Å². The van der Waals surface area contributed by atoms with E-state index in [2.05, 4.69) is 17.4 Å². The predicted octanol–water partition coefficient (Wildman–Crippen LogP) is 4.59. The highest BCUT2D eigenvalue weighted by Crippen LogP contribution is 2.18. The van der Waals surface area contributed by atoms with Gasteiger partial charge >= 0.3 is 0 Å². The van der Waals surface area contributed by atoms with E-state index in [1.807, 2.05) is 56.3 Å². The second-order valence-electron chi connectivity index (χ2n) is 5.58. The van der Waals surface area contributed by atoms with E-state index < -0.39 is 0 Å². The molecule has 0 saturated heterocycles. The molecule has 0 aliphatic carbocycles. The number of hydrogen-bond donors (Lipinski definition) is 1. The number of benzene rings is 2. The molecule has 128 valence electrons. The summed E-state index contributed by atoms with van der Waals surface area (Å²) >= 11 is 1.79. The van der Waals surface area contributed by atoms with Crippen molar-refractivity contribution in [2.45, 2.75) is 32.1 Å². The van der Waals surface area contributed by atoms with Crippen LogP contribution in [0.5, 0.6) is 5.75 Å². The molecule has 0 unspecified atom stereocenters. The molecule has 1 N–H and O–H groups in total. The van der Waals surface area contributed by atoms with Crippen LogP contribution in [0.2, 0.25) is 0 Å². The predicted molar refractivity (Wildman–Crippen MR) is 101 cm³/mol. The highest BCUT2D eigenvalue weighted by molar-refractivity contribution is 7.98. The third kappa shape index (κ3) is 6.28. The van der Waals surface area contributed by atoms with Crippen LogP contribution in [-0.2, 0) is 10.5 Å². The van der Waals surface area contributed by atoms with Gasteiger partial charge in [-0.1, -0.05) is 42.5 Å². The largest absolute Gasteiger partial charge is 0.494 e. The molecule has 0 saturated carbocycles. The summed E-state index contributed by atoms with van der Waals surface area (Å²) in [4.78, 5) is 12.1. The van der Waals surface area contributed by atoms with Crippen LogP contribution in [0.3, 0.4) is 0 Å². The van der Waals surface area contributed by atoms with Gasteiger partial charge in [0.05, 0.1) is 12.6 Å². The number of rotatable bonds is 9. The van der Waals surface area contributed by atoms with Crippen molar-refractivity contribution in [3.8, 4) is 5.75 Å². The Kier molecular flexibility index (Phi) is 7.69. The van der Waals surface area contributed by atoms with Crippen molar-refractivity contribution in [3.63, 3.8) is 0 Å². The summed E-state index contributed by atoms with van der Waals surface area (Å²) in [7, 11) is 0. The number of carbonyl (C=O) groups is 1. The summed E-state index contributed by atoms with van der Waals surface area (Å²) in [6.45, 7) is 4.63. The third-order valence-electron chi connectivity index (χ3n) is 3.65. The number of thioether (sulfide) groups is 1. The van der Waals surface area contributed by atoms with Crippen LogP contribution in [0.4, 0.5) is 0 Å². The monoisotopic (exact) mass is 343 g/mol. The van der Waals surface area contributed by atoms with Gasteiger partial charge in [0.2, 0.25) is 5.91 Å². The molecular weight excluding hydrogens is 318 g/mol. The van der Waals surface area contributed by atoms with E-state index >= 15 is 0 Å². The standard InChI is InChI=1S/C20H25NO2S/c1-3-23-19-11-9-18(10-12-19)16(2)21-20(22)13-14-24-15-17-7-5-4-6-8-17/h4-12,16H,3,13-15H2,1-2H3,(H,21,22)/t16-/m1/s1. The minimum absolute atomic E-state index is 0.00676. The quantitative estimate of drug-likeness (QED) is 0.677. The Hall–Kier alpha value is -1.94. The number of carbonyl (C=O) groups excluding carboxylic acids is 1. The van der Waals surface area contributed by atoms with E-state index in [-0.39, 0.29) is 11.9 Å². The summed E-state index contributed by atoms with van der Waals surface area (Å²) in [6, 6.07) is 18.2. The van der Waals surface area contributed by atoms with Gasteiger partial charge in [0.1, 0.15) is 5.75 Å². The van der Waals surface area contributed by atoms with Gasteiger partial charge in [0.15, 0.2) is 0 Å². The Morgan fingerprint density at radius 2 is 1.83 bits per heavy atom. The summed E-state index contributed by atoms with van der Waals surface area (Å²) in [5, 5.41) is 3.05. The van der Waals surface area contributed by atoms with Crippen LogP contribution in [0.25, 0.3) is 0 Å². The fourth-order valence-electron chi connectivity index (χ4n) is 2.35. The SMILES string of the molecule is CCOc1ccc([C@@H](C)NC(=O)CCSCc2ccccc2)cc1. The molecule has 0 aromatic heterocycles. The van der Waals surface area contributed by atoms with Crippen LogP contribution in [0.1, 0.15) is 37.4 Å². The van der Waals surface area contributed by atoms with Gasteiger partial charge in [-0.3, -0.25) is 4.79 Å². The van der Waals surface area contributed by atoms with Crippen molar-refractivity contribution in [1.29, 1.82) is 0 Å². The Labute approximate surface area is 148 Å². The van der Waals surface area contributed by atoms with E-state index in [1.54, 1.807) is 11.8 Å². The maximum atomic E-state index is 12.1. The molecule has 0 aliphatic rings. The van der Waals surface area contributed by atoms with Crippen molar-refractivity contribution < 1.29 is 9.53 Å². The molecule has 1 atom stereocenters. The second-order valence-corrected chi connectivity index (χ2v) is 6.68. The van der Waals surface area contributed by atoms with Crippen LogP contribution < -0.4 is 10.1 Å². The number of nitrogens with one attached hydrogen (secondary N) is 1. The van der Waals surface area contributed by atoms with Gasteiger partial charge < -0.3 is 10.1 Å². The van der Waals surface area contributed by atoms with E-state index in [1.165, 1.54) is 5.56 Å². The van der Waals surface area contributed by atoms with E-state index in [4.69, 9.17) is 4.74 Å². The Morgan fingerprint density at radius 3 is 2.50 bits per heavy atom. The molecule has 4 heteroatoms. The van der Waals surface area contributed by atoms with Crippen molar-refractivity contribution in [3.05, 3.63) is 65.7 Å². The summed E-state index contributed by atoms with van der Waals surface area (Å²) in [5.74, 6) is 2.73. The molecule has 2 rings (SSSR count). The van der Waals surface area contributed by atoms with E-state index in [0.29, 0.717) is 13.0 Å². The zero-order chi connectivity index (χ0) is 17.2. The second kappa shape index (κ2) is 10.0. The molecule has 0 fully saturated rings. The maximum absolute atomic E-state index is 12.1. The molecule has 2 aromatic carbocycles. The van der Waals surface area contributed by atoms with Crippen LogP contribution in [0, 0.1) is 0 Å². The first-order valence-corrected chi connectivity index (χ1v) is 9.48. The summed E-state index contributed by atoms with van der Waals surface area (Å²) < 4.78 is 5.43. The normalized spacial score (nSPS) is 11.8. The zero-order valence-electron chi connectivity index (χ0n) is 14.3. The van der Waals surface area contributed by atoms with Crippen LogP contribution in [0.15, 0.2) is 54.6 Å². The smallest absolute Gasteiger partial charge is 0.221 e. The first-order chi connectivity index (χ1) is 11.7. The van der Waals surface area contributed by atoms with Crippen LogP contribution in [-0.4, -0.2) is 18.3 Å². The lowest BCUT2D eigenvalue weighted by molar-refractivity contribution is -0.121. The van der Waals surface area contributed by atoms with Gasteiger partial charge in [0, 0.05) is 17.9 Å². The topological polar surface area (TPSA) is 38.3 Å². The minimum atomic E-state index is 0.00676. The summed E-state index contributed by atoms with van der Waals surface area (Å²) in [6.07, 6.45) is 0.541. The lowest BCUT2D eigenvalue weighted by Crippen LogP contribution is -2.26. The molecule has 0 radical (unpaired) electrons. The Balaban J connectivity index is 1.69. The zero-order valence-corrected chi connectivity index (χ0v) is 15.1. The first kappa shape index (κ1) is 18.4. The van der Waals surface area contributed by atoms with E-state index in [9.17, 15) is 4.79 Å². The summed E-state index contributed by atoms with van der Waals surface area (Å²) in [5.41, 5.74) is 2.38. The fraction of sp³-hybridized carbons (Fsp3) is 0.350. The first-order valence-electron chi connectivity index (χ1n) is 8.33. The number of ether oxygens (including phenoxy) is 1. The highest BCUT2D eigenvalue weighted by Gasteiger charge is 2.09. The average Bonchev–Trinajstić information content (AvgIpc) is 2.60. The van der Waals surface area contributed by atoms with Crippen molar-refractivity contribution in [1.82, 2.24) is 5.32 Å². The molecule has 2 aromatic rings. The van der Waals surface area contributed by atoms with E-state index in [0.717, 1.165) is 22.8 Å². The van der Waals surface area contributed by atoms with Gasteiger partial charge in [0.25, 0.3) is 0 Å². The third-order valence-corrected chi connectivity index (χ3v) is 4.68. The lowest BCUT2D eigenvalue weighted by atomic mass is 10.1. The Morgan fingerprint density at radius 1 is 1.12 bits per heavy atom. The molecule has 0 bridgehead atoms. The maximum Gasteiger partial charge on any atom is 0.221 e. The number of hydrogen-bond acceptors (Lipinski definition) is 3. The average molecular weight is 343 g/mol. The fourth-order valence-corrected chi connectivity index (χ4v) is 3.25. The molecule has 24 heavy (non-hydrogen) atoms.